The molecule has 144 valence electrons. The summed E-state index contributed by atoms with van der Waals surface area (Å²) in [6.07, 6.45) is 1.42. The van der Waals surface area contributed by atoms with Crippen molar-refractivity contribution in [2.75, 3.05) is 11.5 Å². The third-order valence-electron chi connectivity index (χ3n) is 5.23. The van der Waals surface area contributed by atoms with Gasteiger partial charge in [-0.15, -0.1) is 11.8 Å². The number of allylic oxidation sites excluding steroid dienone is 3. The minimum absolute atomic E-state index is 0.0270. The molecule has 27 heavy (non-hydrogen) atoms. The molecule has 4 nitrogen and oxygen atoms in total. The normalized spacial score (nSPS) is 21.0. The molecule has 1 aliphatic heterocycles. The second-order valence-electron chi connectivity index (χ2n) is 7.40. The van der Waals surface area contributed by atoms with Crippen molar-refractivity contribution in [1.82, 2.24) is 0 Å². The van der Waals surface area contributed by atoms with Crippen molar-refractivity contribution in [2.45, 2.75) is 50.3 Å². The first-order valence-corrected chi connectivity index (χ1v) is 11.9. The van der Waals surface area contributed by atoms with E-state index in [-0.39, 0.29) is 26.7 Å². The summed E-state index contributed by atoms with van der Waals surface area (Å²) in [5.41, 5.74) is 1.19. The van der Waals surface area contributed by atoms with Gasteiger partial charge in [-0.2, -0.15) is 0 Å². The summed E-state index contributed by atoms with van der Waals surface area (Å²) in [5.74, 6) is 2.13. The van der Waals surface area contributed by atoms with Crippen molar-refractivity contribution in [3.63, 3.8) is 0 Å². The molecule has 0 bridgehead atoms. The van der Waals surface area contributed by atoms with Crippen LogP contribution in [0.3, 0.4) is 0 Å². The molecule has 0 N–H and O–H groups in total. The van der Waals surface area contributed by atoms with E-state index < -0.39 is 15.6 Å². The first kappa shape index (κ1) is 20.4. The van der Waals surface area contributed by atoms with Gasteiger partial charge in [0.05, 0.1) is 21.2 Å². The molecule has 0 fully saturated rings. The Balaban J connectivity index is 2.32. The minimum atomic E-state index is -3.53. The molecule has 0 atom stereocenters. The van der Waals surface area contributed by atoms with E-state index in [0.29, 0.717) is 36.0 Å². The van der Waals surface area contributed by atoms with E-state index in [1.165, 1.54) is 11.8 Å². The van der Waals surface area contributed by atoms with E-state index in [0.717, 1.165) is 10.7 Å². The molecule has 0 amide bonds. The van der Waals surface area contributed by atoms with Crippen LogP contribution in [0.25, 0.3) is 5.57 Å². The maximum atomic E-state index is 12.9. The van der Waals surface area contributed by atoms with Crippen LogP contribution in [0, 0.1) is 0 Å². The summed E-state index contributed by atoms with van der Waals surface area (Å²) < 4.78 is 25.5. The van der Waals surface area contributed by atoms with Gasteiger partial charge in [-0.25, -0.2) is 13.2 Å². The van der Waals surface area contributed by atoms with Crippen LogP contribution >= 0.6 is 23.4 Å². The van der Waals surface area contributed by atoms with Gasteiger partial charge in [0.1, 0.15) is 5.94 Å². The summed E-state index contributed by atoms with van der Waals surface area (Å²) in [7, 11) is -3.53. The molecule has 0 saturated carbocycles. The quantitative estimate of drug-likeness (QED) is 0.532. The van der Waals surface area contributed by atoms with Crippen molar-refractivity contribution in [2.24, 2.45) is 0 Å². The van der Waals surface area contributed by atoms with Gasteiger partial charge in [-0.05, 0) is 40.9 Å². The van der Waals surface area contributed by atoms with Gasteiger partial charge >= 0.3 is 0 Å². The summed E-state index contributed by atoms with van der Waals surface area (Å²) in [6.45, 7) is 5.96. The number of thioether (sulfide) groups is 1. The van der Waals surface area contributed by atoms with E-state index in [1.54, 1.807) is 18.1 Å². The van der Waals surface area contributed by atoms with Crippen molar-refractivity contribution in [3.05, 3.63) is 38.8 Å². The molecule has 0 aromatic heterocycles. The Morgan fingerprint density at radius 1 is 1.26 bits per heavy atom. The first-order chi connectivity index (χ1) is 12.6. The number of hydrogen-bond acceptors (Lipinski definition) is 5. The summed E-state index contributed by atoms with van der Waals surface area (Å²) in [5, 5.41) is 0.0879. The number of benzene rings is 1. The number of halogens is 1. The fourth-order valence-corrected chi connectivity index (χ4v) is 7.25. The molecule has 3 rings (SSSR count). The molecule has 0 saturated heterocycles. The summed E-state index contributed by atoms with van der Waals surface area (Å²) in [6, 6.07) is 3.49. The second kappa shape index (κ2) is 7.25. The maximum absolute atomic E-state index is 12.9. The Labute approximate surface area is 169 Å². The van der Waals surface area contributed by atoms with Crippen LogP contribution in [0.1, 0.15) is 51.2 Å². The largest absolute Gasteiger partial charge is 0.288 e. The highest BCUT2D eigenvalue weighted by Gasteiger charge is 2.39. The smallest absolute Gasteiger partial charge is 0.201 e. The minimum Gasteiger partial charge on any atom is -0.288 e. The highest BCUT2D eigenvalue weighted by Crippen LogP contribution is 2.46. The molecule has 1 heterocycles. The Morgan fingerprint density at radius 2 is 1.96 bits per heavy atom. The lowest BCUT2D eigenvalue weighted by Crippen LogP contribution is -2.31. The van der Waals surface area contributed by atoms with Gasteiger partial charge in [0.15, 0.2) is 9.84 Å². The van der Waals surface area contributed by atoms with E-state index in [1.807, 2.05) is 20.8 Å². The van der Waals surface area contributed by atoms with Gasteiger partial charge < -0.3 is 0 Å². The Kier molecular flexibility index (Phi) is 5.48. The summed E-state index contributed by atoms with van der Waals surface area (Å²) >= 11 is 8.14. The molecule has 1 aromatic carbocycles. The standard InChI is InChI=1S/C20H21ClO4S2/c1-4-26-15-8-5-12(11-22)18(23)16(15)13-6-7-14-19(17(13)21)27(24,25)10-9-20(14,2)3/h6-7H,4-5,8-10H2,1-3H3. The predicted octanol–water partition coefficient (Wildman–Crippen LogP) is 4.38. The molecule has 0 unspecified atom stereocenters. The van der Waals surface area contributed by atoms with Gasteiger partial charge in [0.2, 0.25) is 5.78 Å². The zero-order valence-electron chi connectivity index (χ0n) is 15.5. The molecule has 2 aliphatic rings. The lowest BCUT2D eigenvalue weighted by Gasteiger charge is -2.33. The highest BCUT2D eigenvalue weighted by atomic mass is 35.5. The summed E-state index contributed by atoms with van der Waals surface area (Å²) in [4.78, 5) is 25.0. The lowest BCUT2D eigenvalue weighted by molar-refractivity contribution is -0.110. The first-order valence-electron chi connectivity index (χ1n) is 8.84. The van der Waals surface area contributed by atoms with Crippen LogP contribution in [-0.2, 0) is 24.8 Å². The molecule has 7 heteroatoms. The number of rotatable bonds is 3. The van der Waals surface area contributed by atoms with Gasteiger partial charge in [0.25, 0.3) is 0 Å². The Morgan fingerprint density at radius 3 is 2.59 bits per heavy atom. The van der Waals surface area contributed by atoms with Gasteiger partial charge in [-0.1, -0.05) is 44.5 Å². The van der Waals surface area contributed by atoms with Crippen molar-refractivity contribution < 1.29 is 18.0 Å². The molecule has 0 radical (unpaired) electrons. The maximum Gasteiger partial charge on any atom is 0.201 e. The topological polar surface area (TPSA) is 68.3 Å². The second-order valence-corrected chi connectivity index (χ2v) is 11.2. The van der Waals surface area contributed by atoms with Crippen LogP contribution in [0.2, 0.25) is 5.02 Å². The van der Waals surface area contributed by atoms with E-state index in [4.69, 9.17) is 11.6 Å². The number of carbonyl (C=O) groups is 1. The van der Waals surface area contributed by atoms with Crippen molar-refractivity contribution >= 4 is 50.5 Å². The van der Waals surface area contributed by atoms with Gasteiger partial charge in [-0.3, -0.25) is 4.79 Å². The zero-order valence-corrected chi connectivity index (χ0v) is 17.9. The molecule has 1 aliphatic carbocycles. The number of sulfone groups is 1. The van der Waals surface area contributed by atoms with Crippen molar-refractivity contribution in [3.8, 4) is 0 Å². The SMILES string of the molecule is CCSC1=C(c2ccc3c(c2Cl)S(=O)(=O)CCC3(C)C)C(=O)C(=C=O)CC1. The monoisotopic (exact) mass is 424 g/mol. The predicted molar refractivity (Wildman–Crippen MR) is 110 cm³/mol. The number of fused-ring (bicyclic) bond motifs is 1. The van der Waals surface area contributed by atoms with Crippen LogP contribution in [0.5, 0.6) is 0 Å². The van der Waals surface area contributed by atoms with Crippen LogP contribution in [-0.4, -0.2) is 31.6 Å². The Hall–Kier alpha value is -1.33. The fourth-order valence-electron chi connectivity index (χ4n) is 3.66. The van der Waals surface area contributed by atoms with Crippen LogP contribution in [0.4, 0.5) is 0 Å². The Bertz CT molecular complexity index is 1010. The average Bonchev–Trinajstić information content (AvgIpc) is 2.60. The lowest BCUT2D eigenvalue weighted by atomic mass is 9.80. The number of hydrogen-bond donors (Lipinski definition) is 0. The molecule has 1 aromatic rings. The van der Waals surface area contributed by atoms with Gasteiger partial charge in [0, 0.05) is 11.1 Å². The van der Waals surface area contributed by atoms with E-state index >= 15 is 0 Å². The van der Waals surface area contributed by atoms with E-state index in [2.05, 4.69) is 0 Å². The number of ketones is 1. The van der Waals surface area contributed by atoms with Crippen LogP contribution < -0.4 is 0 Å². The highest BCUT2D eigenvalue weighted by molar-refractivity contribution is 8.03. The third kappa shape index (κ3) is 3.44. The number of carbonyl (C=O) groups excluding carboxylic acids is 2. The van der Waals surface area contributed by atoms with Crippen molar-refractivity contribution in [1.29, 1.82) is 0 Å². The molecular formula is C20H21ClO4S2. The zero-order chi connectivity index (χ0) is 20.0. The fraction of sp³-hybridized carbons (Fsp3) is 0.450. The number of Topliss-reactive ketones (excluding diaryl/α,β-unsaturated/α-hetero) is 1. The van der Waals surface area contributed by atoms with Crippen LogP contribution in [0.15, 0.2) is 27.5 Å². The van der Waals surface area contributed by atoms with E-state index in [9.17, 15) is 18.0 Å². The molecular weight excluding hydrogens is 404 g/mol. The third-order valence-corrected chi connectivity index (χ3v) is 8.56. The average molecular weight is 425 g/mol. The molecule has 0 spiro atoms.